The van der Waals surface area contributed by atoms with Crippen molar-refractivity contribution < 1.29 is 14.3 Å². The van der Waals surface area contributed by atoms with E-state index in [9.17, 15) is 9.59 Å². The van der Waals surface area contributed by atoms with Crippen molar-refractivity contribution in [1.82, 2.24) is 0 Å². The van der Waals surface area contributed by atoms with Crippen molar-refractivity contribution in [3.05, 3.63) is 58.1 Å². The fraction of sp³-hybridized carbons (Fsp3) is 0.125. The summed E-state index contributed by atoms with van der Waals surface area (Å²) in [4.78, 5) is 23.6. The first kappa shape index (κ1) is 16.0. The van der Waals surface area contributed by atoms with Crippen LogP contribution in [0, 0.1) is 6.92 Å². The third-order valence-electron chi connectivity index (χ3n) is 2.91. The Bertz CT molecular complexity index is 716. The van der Waals surface area contributed by atoms with Crippen LogP contribution in [0.1, 0.15) is 15.9 Å². The molecule has 0 spiro atoms. The predicted molar refractivity (Wildman–Crippen MR) is 89.3 cm³/mol. The lowest BCUT2D eigenvalue weighted by Crippen LogP contribution is -2.19. The Morgan fingerprint density at radius 3 is 2.36 bits per heavy atom. The van der Waals surface area contributed by atoms with Gasteiger partial charge in [0.15, 0.2) is 0 Å². The number of amides is 2. The van der Waals surface area contributed by atoms with Gasteiger partial charge in [-0.25, -0.2) is 9.59 Å². The zero-order valence-electron chi connectivity index (χ0n) is 12.1. The van der Waals surface area contributed by atoms with Crippen LogP contribution >= 0.6 is 15.9 Å². The lowest BCUT2D eigenvalue weighted by Gasteiger charge is -2.10. The van der Waals surface area contributed by atoms with Gasteiger partial charge in [-0.15, -0.1) is 0 Å². The Hall–Kier alpha value is -2.34. The van der Waals surface area contributed by atoms with Crippen LogP contribution in [-0.4, -0.2) is 19.1 Å². The SMILES string of the molecule is COC(=O)c1cc(NC(=O)Nc2cccc(C)c2)ccc1Br. The van der Waals surface area contributed by atoms with Gasteiger partial charge in [0.2, 0.25) is 0 Å². The number of anilines is 2. The summed E-state index contributed by atoms with van der Waals surface area (Å²) in [7, 11) is 1.30. The molecule has 0 aliphatic carbocycles. The van der Waals surface area contributed by atoms with E-state index < -0.39 is 5.97 Å². The second-order valence-corrected chi connectivity index (χ2v) is 5.49. The van der Waals surface area contributed by atoms with Crippen LogP contribution in [-0.2, 0) is 4.74 Å². The molecule has 2 aromatic rings. The van der Waals surface area contributed by atoms with Crippen LogP contribution in [0.15, 0.2) is 46.9 Å². The molecule has 22 heavy (non-hydrogen) atoms. The number of carbonyl (C=O) groups excluding carboxylic acids is 2. The molecule has 0 saturated carbocycles. The van der Waals surface area contributed by atoms with Crippen LogP contribution in [0.2, 0.25) is 0 Å². The Morgan fingerprint density at radius 1 is 1.05 bits per heavy atom. The molecule has 2 aromatic carbocycles. The number of urea groups is 1. The smallest absolute Gasteiger partial charge is 0.339 e. The molecule has 0 aliphatic heterocycles. The summed E-state index contributed by atoms with van der Waals surface area (Å²) < 4.78 is 5.29. The summed E-state index contributed by atoms with van der Waals surface area (Å²) in [5, 5.41) is 5.41. The monoisotopic (exact) mass is 362 g/mol. The average molecular weight is 363 g/mol. The van der Waals surface area contributed by atoms with Crippen molar-refractivity contribution in [2.45, 2.75) is 6.92 Å². The van der Waals surface area contributed by atoms with Gasteiger partial charge in [0.1, 0.15) is 0 Å². The first-order valence-electron chi connectivity index (χ1n) is 6.52. The maximum atomic E-state index is 12.0. The molecule has 2 N–H and O–H groups in total. The third-order valence-corrected chi connectivity index (χ3v) is 3.60. The van der Waals surface area contributed by atoms with Gasteiger partial charge in [-0.1, -0.05) is 12.1 Å². The minimum Gasteiger partial charge on any atom is -0.465 e. The van der Waals surface area contributed by atoms with Crippen LogP contribution in [0.4, 0.5) is 16.2 Å². The number of halogens is 1. The molecule has 0 saturated heterocycles. The Kier molecular flexibility index (Phi) is 5.16. The molecule has 0 unspecified atom stereocenters. The molecule has 5 nitrogen and oxygen atoms in total. The molecule has 6 heteroatoms. The van der Waals surface area contributed by atoms with Gasteiger partial charge in [0.25, 0.3) is 0 Å². The zero-order chi connectivity index (χ0) is 16.1. The fourth-order valence-corrected chi connectivity index (χ4v) is 2.29. The van der Waals surface area contributed by atoms with Gasteiger partial charge in [-0.2, -0.15) is 0 Å². The molecule has 114 valence electrons. The standard InChI is InChI=1S/C16H15BrN2O3/c1-10-4-3-5-11(8-10)18-16(21)19-12-6-7-14(17)13(9-12)15(20)22-2/h3-9H,1-2H3,(H2,18,19,21). The lowest BCUT2D eigenvalue weighted by molar-refractivity contribution is 0.0599. The molecule has 2 rings (SSSR count). The number of ether oxygens (including phenoxy) is 1. The Labute approximate surface area is 136 Å². The number of hydrogen-bond acceptors (Lipinski definition) is 3. The summed E-state index contributed by atoms with van der Waals surface area (Å²) in [5.74, 6) is -0.477. The highest BCUT2D eigenvalue weighted by molar-refractivity contribution is 9.10. The van der Waals surface area contributed by atoms with Crippen LogP contribution in [0.25, 0.3) is 0 Å². The maximum absolute atomic E-state index is 12.0. The van der Waals surface area contributed by atoms with Crippen molar-refractivity contribution in [3.63, 3.8) is 0 Å². The van der Waals surface area contributed by atoms with E-state index in [2.05, 4.69) is 31.3 Å². The fourth-order valence-electron chi connectivity index (χ4n) is 1.89. The second-order valence-electron chi connectivity index (χ2n) is 4.63. The summed E-state index contributed by atoms with van der Waals surface area (Å²) in [5.41, 5.74) is 2.59. The van der Waals surface area contributed by atoms with Crippen LogP contribution in [0.3, 0.4) is 0 Å². The van der Waals surface area contributed by atoms with Gasteiger partial charge < -0.3 is 15.4 Å². The average Bonchev–Trinajstić information content (AvgIpc) is 2.48. The molecule has 0 aromatic heterocycles. The molecular formula is C16H15BrN2O3. The topological polar surface area (TPSA) is 67.4 Å². The summed E-state index contributed by atoms with van der Waals surface area (Å²) in [6, 6.07) is 12.0. The van der Waals surface area contributed by atoms with E-state index in [1.165, 1.54) is 7.11 Å². The molecule has 0 radical (unpaired) electrons. The lowest BCUT2D eigenvalue weighted by atomic mass is 10.2. The van der Waals surface area contributed by atoms with E-state index in [4.69, 9.17) is 0 Å². The largest absolute Gasteiger partial charge is 0.465 e. The number of esters is 1. The number of carbonyl (C=O) groups is 2. The Balaban J connectivity index is 2.10. The summed E-state index contributed by atoms with van der Waals surface area (Å²) in [6.07, 6.45) is 0. The van der Waals surface area contributed by atoms with E-state index in [1.54, 1.807) is 24.3 Å². The normalized spacial score (nSPS) is 9.95. The maximum Gasteiger partial charge on any atom is 0.339 e. The van der Waals surface area contributed by atoms with E-state index in [0.717, 1.165) is 5.56 Å². The van der Waals surface area contributed by atoms with Crippen molar-refractivity contribution in [3.8, 4) is 0 Å². The number of rotatable bonds is 3. The molecule has 0 atom stereocenters. The first-order valence-corrected chi connectivity index (χ1v) is 7.31. The first-order chi connectivity index (χ1) is 10.5. The van der Waals surface area contributed by atoms with Gasteiger partial charge in [0.05, 0.1) is 12.7 Å². The highest BCUT2D eigenvalue weighted by atomic mass is 79.9. The zero-order valence-corrected chi connectivity index (χ0v) is 13.7. The Morgan fingerprint density at radius 2 is 1.73 bits per heavy atom. The third kappa shape index (κ3) is 4.08. The molecular weight excluding hydrogens is 348 g/mol. The van der Waals surface area contributed by atoms with E-state index in [1.807, 2.05) is 25.1 Å². The van der Waals surface area contributed by atoms with E-state index >= 15 is 0 Å². The number of aryl methyl sites for hydroxylation is 1. The van der Waals surface area contributed by atoms with Crippen LogP contribution in [0.5, 0.6) is 0 Å². The van der Waals surface area contributed by atoms with Gasteiger partial charge in [0, 0.05) is 15.8 Å². The molecule has 2 amide bonds. The second kappa shape index (κ2) is 7.09. The molecule has 0 aliphatic rings. The minimum atomic E-state index is -0.477. The predicted octanol–water partition coefficient (Wildman–Crippen LogP) is 4.19. The number of benzene rings is 2. The highest BCUT2D eigenvalue weighted by Crippen LogP contribution is 2.22. The quantitative estimate of drug-likeness (QED) is 0.804. The molecule has 0 heterocycles. The minimum absolute atomic E-state index is 0.343. The van der Waals surface area contributed by atoms with E-state index in [-0.39, 0.29) is 6.03 Å². The highest BCUT2D eigenvalue weighted by Gasteiger charge is 2.12. The van der Waals surface area contributed by atoms with Crippen molar-refractivity contribution >= 4 is 39.3 Å². The van der Waals surface area contributed by atoms with Crippen molar-refractivity contribution in [1.29, 1.82) is 0 Å². The number of methoxy groups -OCH3 is 1. The van der Waals surface area contributed by atoms with Crippen molar-refractivity contribution in [2.75, 3.05) is 17.7 Å². The van der Waals surface area contributed by atoms with Crippen LogP contribution < -0.4 is 10.6 Å². The van der Waals surface area contributed by atoms with Gasteiger partial charge in [-0.05, 0) is 58.7 Å². The number of nitrogens with one attached hydrogen (secondary N) is 2. The molecule has 0 fully saturated rings. The van der Waals surface area contributed by atoms with Gasteiger partial charge in [-0.3, -0.25) is 0 Å². The number of hydrogen-bond donors (Lipinski definition) is 2. The van der Waals surface area contributed by atoms with E-state index in [0.29, 0.717) is 21.4 Å². The van der Waals surface area contributed by atoms with Gasteiger partial charge >= 0.3 is 12.0 Å². The van der Waals surface area contributed by atoms with Crippen molar-refractivity contribution in [2.24, 2.45) is 0 Å². The molecule has 0 bridgehead atoms. The summed E-state index contributed by atoms with van der Waals surface area (Å²) >= 11 is 3.27. The summed E-state index contributed by atoms with van der Waals surface area (Å²) in [6.45, 7) is 1.94.